The lowest BCUT2D eigenvalue weighted by Gasteiger charge is -2.04. The number of amides is 1. The summed E-state index contributed by atoms with van der Waals surface area (Å²) in [5.74, 6) is -0.749. The van der Waals surface area contributed by atoms with E-state index in [0.29, 0.717) is 0 Å². The minimum Gasteiger partial charge on any atom is -0.363 e. The van der Waals surface area contributed by atoms with Gasteiger partial charge in [-0.15, -0.1) is 0 Å². The van der Waals surface area contributed by atoms with Gasteiger partial charge < -0.3 is 4.18 Å². The molecular formula is C3H2NO4S. The van der Waals surface area contributed by atoms with Crippen molar-refractivity contribution in [3.05, 3.63) is 12.3 Å². The standard InChI is InChI=1S/C3H2NO4S/c5-3-1-2-8-9(6,7)4-3/h1H,(H,4,5). The van der Waals surface area contributed by atoms with Gasteiger partial charge in [-0.25, -0.2) is 4.72 Å². The largest absolute Gasteiger partial charge is 0.410 e. The summed E-state index contributed by atoms with van der Waals surface area (Å²) in [5.41, 5.74) is 0. The fourth-order valence-corrected chi connectivity index (χ4v) is 0.836. The van der Waals surface area contributed by atoms with E-state index in [1.165, 1.54) is 0 Å². The lowest BCUT2D eigenvalue weighted by Crippen LogP contribution is -2.32. The van der Waals surface area contributed by atoms with Crippen molar-refractivity contribution in [2.24, 2.45) is 0 Å². The molecule has 5 nitrogen and oxygen atoms in total. The number of carbonyl (C=O) groups excluding carboxylic acids is 1. The van der Waals surface area contributed by atoms with Crippen molar-refractivity contribution >= 4 is 16.2 Å². The van der Waals surface area contributed by atoms with Crippen LogP contribution in [0.1, 0.15) is 0 Å². The monoisotopic (exact) mass is 148 g/mol. The molecule has 0 unspecified atom stereocenters. The van der Waals surface area contributed by atoms with Crippen molar-refractivity contribution < 1.29 is 17.4 Å². The Bertz CT molecular complexity index is 251. The molecule has 0 aromatic rings. The molecule has 1 rings (SSSR count). The van der Waals surface area contributed by atoms with Gasteiger partial charge in [0, 0.05) is 0 Å². The van der Waals surface area contributed by atoms with Crippen molar-refractivity contribution in [3.63, 3.8) is 0 Å². The van der Waals surface area contributed by atoms with E-state index < -0.39 is 16.2 Å². The molecule has 49 valence electrons. The normalized spacial score (nSPS) is 22.4. The summed E-state index contributed by atoms with van der Waals surface area (Å²) in [5, 5.41) is 0. The zero-order valence-corrected chi connectivity index (χ0v) is 4.94. The van der Waals surface area contributed by atoms with E-state index in [2.05, 4.69) is 4.18 Å². The van der Waals surface area contributed by atoms with E-state index in [0.717, 1.165) is 6.08 Å². The Balaban J connectivity index is 2.94. The van der Waals surface area contributed by atoms with Crippen molar-refractivity contribution in [3.8, 4) is 0 Å². The highest BCUT2D eigenvalue weighted by Crippen LogP contribution is 1.93. The van der Waals surface area contributed by atoms with Crippen LogP contribution >= 0.6 is 0 Å². The Morgan fingerprint density at radius 2 is 2.33 bits per heavy atom. The van der Waals surface area contributed by atoms with Crippen LogP contribution in [-0.4, -0.2) is 14.3 Å². The maximum Gasteiger partial charge on any atom is 0.410 e. The van der Waals surface area contributed by atoms with Gasteiger partial charge in [-0.2, -0.15) is 8.42 Å². The van der Waals surface area contributed by atoms with Crippen LogP contribution in [0.3, 0.4) is 0 Å². The van der Waals surface area contributed by atoms with E-state index in [4.69, 9.17) is 0 Å². The third kappa shape index (κ3) is 1.43. The molecule has 0 fully saturated rings. The molecule has 1 radical (unpaired) electrons. The van der Waals surface area contributed by atoms with Crippen LogP contribution in [-0.2, 0) is 19.3 Å². The molecule has 0 atom stereocenters. The first-order valence-corrected chi connectivity index (χ1v) is 3.35. The molecule has 0 aromatic heterocycles. The maximum absolute atomic E-state index is 10.2. The smallest absolute Gasteiger partial charge is 0.363 e. The maximum atomic E-state index is 10.2. The van der Waals surface area contributed by atoms with Gasteiger partial charge >= 0.3 is 10.3 Å². The van der Waals surface area contributed by atoms with E-state index in [1.807, 2.05) is 0 Å². The molecule has 0 aromatic carbocycles. The average Bonchev–Trinajstić information content (AvgIpc) is 1.60. The average molecular weight is 148 g/mol. The predicted molar refractivity (Wildman–Crippen MR) is 26.0 cm³/mol. The van der Waals surface area contributed by atoms with Crippen LogP contribution in [0.15, 0.2) is 6.08 Å². The van der Waals surface area contributed by atoms with Gasteiger partial charge in [0.25, 0.3) is 5.91 Å². The van der Waals surface area contributed by atoms with Crippen LogP contribution < -0.4 is 4.72 Å². The van der Waals surface area contributed by atoms with Crippen molar-refractivity contribution in [2.45, 2.75) is 0 Å². The van der Waals surface area contributed by atoms with E-state index in [-0.39, 0.29) is 0 Å². The van der Waals surface area contributed by atoms with Gasteiger partial charge in [0.15, 0.2) is 6.26 Å². The highest BCUT2D eigenvalue weighted by Gasteiger charge is 2.16. The fourth-order valence-electron chi connectivity index (χ4n) is 0.314. The summed E-state index contributed by atoms with van der Waals surface area (Å²) in [4.78, 5) is 10.2. The number of hydrogen-bond donors (Lipinski definition) is 1. The second-order valence-corrected chi connectivity index (χ2v) is 2.54. The molecule has 0 aliphatic carbocycles. The highest BCUT2D eigenvalue weighted by molar-refractivity contribution is 7.85. The van der Waals surface area contributed by atoms with Gasteiger partial charge in [-0.05, 0) is 0 Å². The number of carbonyl (C=O) groups is 1. The first kappa shape index (κ1) is 6.09. The number of rotatable bonds is 0. The summed E-state index contributed by atoms with van der Waals surface area (Å²) in [6, 6.07) is 0. The molecule has 0 saturated carbocycles. The number of hydrogen-bond acceptors (Lipinski definition) is 4. The Labute approximate surface area is 51.6 Å². The molecule has 0 bridgehead atoms. The minimum atomic E-state index is -3.87. The zero-order chi connectivity index (χ0) is 6.91. The van der Waals surface area contributed by atoms with Crippen LogP contribution in [0.2, 0.25) is 0 Å². The summed E-state index contributed by atoms with van der Waals surface area (Å²) in [7, 11) is -3.87. The van der Waals surface area contributed by atoms with Crippen LogP contribution in [0.4, 0.5) is 0 Å². The molecule has 1 N–H and O–H groups in total. The van der Waals surface area contributed by atoms with E-state index >= 15 is 0 Å². The molecule has 0 saturated heterocycles. The lowest BCUT2D eigenvalue weighted by atomic mass is 10.6. The van der Waals surface area contributed by atoms with Gasteiger partial charge in [0.1, 0.15) is 0 Å². The Morgan fingerprint density at radius 1 is 1.67 bits per heavy atom. The molecule has 0 spiro atoms. The fraction of sp³-hybridized carbons (Fsp3) is 0. The van der Waals surface area contributed by atoms with Gasteiger partial charge in [0.2, 0.25) is 0 Å². The summed E-state index contributed by atoms with van der Waals surface area (Å²) in [6.45, 7) is 0. The molecule has 1 aliphatic rings. The minimum absolute atomic E-state index is 0.749. The lowest BCUT2D eigenvalue weighted by molar-refractivity contribution is -0.115. The van der Waals surface area contributed by atoms with Gasteiger partial charge in [-0.1, -0.05) is 0 Å². The third-order valence-electron chi connectivity index (χ3n) is 0.573. The first-order chi connectivity index (χ1) is 4.10. The van der Waals surface area contributed by atoms with Gasteiger partial charge in [0.05, 0.1) is 6.08 Å². The number of nitrogens with one attached hydrogen (secondary N) is 1. The molecule has 1 heterocycles. The Kier molecular flexibility index (Phi) is 1.17. The third-order valence-corrected chi connectivity index (χ3v) is 1.34. The van der Waals surface area contributed by atoms with Crippen molar-refractivity contribution in [1.82, 2.24) is 4.72 Å². The topological polar surface area (TPSA) is 72.5 Å². The summed E-state index contributed by atoms with van der Waals surface area (Å²) >= 11 is 0. The summed E-state index contributed by atoms with van der Waals surface area (Å²) in [6.07, 6.45) is 2.65. The summed E-state index contributed by atoms with van der Waals surface area (Å²) < 4.78 is 25.9. The molecule has 9 heavy (non-hydrogen) atoms. The van der Waals surface area contributed by atoms with Crippen LogP contribution in [0.5, 0.6) is 0 Å². The predicted octanol–water partition coefficient (Wildman–Crippen LogP) is -1.31. The van der Waals surface area contributed by atoms with Gasteiger partial charge in [-0.3, -0.25) is 4.79 Å². The first-order valence-electron chi connectivity index (χ1n) is 1.94. The molecular weight excluding hydrogens is 146 g/mol. The van der Waals surface area contributed by atoms with Crippen LogP contribution in [0, 0.1) is 6.26 Å². The molecule has 6 heteroatoms. The van der Waals surface area contributed by atoms with Crippen molar-refractivity contribution in [1.29, 1.82) is 0 Å². The second-order valence-electron chi connectivity index (χ2n) is 1.27. The Morgan fingerprint density at radius 3 is 2.67 bits per heavy atom. The zero-order valence-electron chi connectivity index (χ0n) is 4.12. The molecule has 1 amide bonds. The highest BCUT2D eigenvalue weighted by atomic mass is 32.2. The van der Waals surface area contributed by atoms with E-state index in [9.17, 15) is 13.2 Å². The van der Waals surface area contributed by atoms with E-state index in [1.54, 1.807) is 11.0 Å². The second kappa shape index (κ2) is 1.73. The molecule has 1 aliphatic heterocycles. The Hall–Kier alpha value is -1.04. The quantitative estimate of drug-likeness (QED) is 0.463. The SMILES string of the molecule is O=C1C=[C]OS(=O)(=O)N1. The van der Waals surface area contributed by atoms with Crippen LogP contribution in [0.25, 0.3) is 0 Å². The van der Waals surface area contributed by atoms with Crippen molar-refractivity contribution in [2.75, 3.05) is 0 Å².